The summed E-state index contributed by atoms with van der Waals surface area (Å²) >= 11 is 0.230. The van der Waals surface area contributed by atoms with Gasteiger partial charge in [-0.15, -0.1) is 6.58 Å². The van der Waals surface area contributed by atoms with Crippen molar-refractivity contribution in [2.45, 2.75) is 22.8 Å². The number of hydrogen-bond donors (Lipinski definition) is 0. The van der Waals surface area contributed by atoms with Crippen molar-refractivity contribution in [2.24, 2.45) is 0 Å². The Labute approximate surface area is 76.8 Å². The molecule has 1 atom stereocenters. The van der Waals surface area contributed by atoms with Crippen molar-refractivity contribution < 1.29 is 4.43 Å². The molecule has 10 heavy (non-hydrogen) atoms. The van der Waals surface area contributed by atoms with E-state index in [0.717, 1.165) is 6.04 Å². The Morgan fingerprint density at radius 1 is 1.60 bits per heavy atom. The molecule has 60 valence electrons. The molecule has 0 aliphatic rings. The molecule has 0 saturated heterocycles. The fourth-order valence-electron chi connectivity index (χ4n) is 0.430. The fraction of sp³-hybridized carbons (Fsp3) is 0.714. The molecule has 0 fully saturated rings. The van der Waals surface area contributed by atoms with Crippen LogP contribution in [0.4, 0.5) is 0 Å². The van der Waals surface area contributed by atoms with Gasteiger partial charge in [0.25, 0.3) is 0 Å². The van der Waals surface area contributed by atoms with Gasteiger partial charge < -0.3 is 4.43 Å². The summed E-state index contributed by atoms with van der Waals surface area (Å²) in [4.78, 5) is 4.59. The first-order valence-corrected chi connectivity index (χ1v) is 11.2. The molecular formula is C7H18OSiSn. The van der Waals surface area contributed by atoms with Crippen LogP contribution in [0.2, 0.25) is 15.9 Å². The van der Waals surface area contributed by atoms with Crippen LogP contribution in [-0.2, 0) is 4.43 Å². The first kappa shape index (κ1) is 13.3. The normalized spacial score (nSPS) is 11.2. The Balaban J connectivity index is 0. The van der Waals surface area contributed by atoms with Crippen molar-refractivity contribution >= 4 is 30.2 Å². The van der Waals surface area contributed by atoms with E-state index in [1.807, 2.05) is 5.70 Å². The fourth-order valence-corrected chi connectivity index (χ4v) is 1.29. The maximum absolute atomic E-state index is 5.07. The van der Waals surface area contributed by atoms with Crippen LogP contribution in [0.3, 0.4) is 0 Å². The summed E-state index contributed by atoms with van der Waals surface area (Å²) in [5, 5.41) is 0. The molecule has 0 spiro atoms. The molecule has 1 nitrogen and oxygen atoms in total. The average molecular weight is 265 g/mol. The Morgan fingerprint density at radius 3 is 2.00 bits per heavy atom. The topological polar surface area (TPSA) is 9.23 Å². The second-order valence-corrected chi connectivity index (χ2v) is 7.61. The minimum atomic E-state index is -0.907. The SMILES string of the molecule is C=C[SiH](CC)OC.[CH3][Sn][CH3]. The van der Waals surface area contributed by atoms with Gasteiger partial charge in [-0.1, -0.05) is 12.6 Å². The van der Waals surface area contributed by atoms with Crippen molar-refractivity contribution in [3.05, 3.63) is 12.3 Å². The van der Waals surface area contributed by atoms with Crippen molar-refractivity contribution in [3.8, 4) is 0 Å². The van der Waals surface area contributed by atoms with Gasteiger partial charge in [-0.2, -0.15) is 0 Å². The summed E-state index contributed by atoms with van der Waals surface area (Å²) in [5.74, 6) is 0. The van der Waals surface area contributed by atoms with Gasteiger partial charge in [0, 0.05) is 7.11 Å². The predicted molar refractivity (Wildman–Crippen MR) is 52.3 cm³/mol. The summed E-state index contributed by atoms with van der Waals surface area (Å²) in [6, 6.07) is 1.15. The molecule has 1 unspecified atom stereocenters. The number of rotatable bonds is 3. The van der Waals surface area contributed by atoms with Gasteiger partial charge in [-0.05, 0) is 6.04 Å². The Hall–Kier alpha value is 0.716. The molecule has 0 rings (SSSR count). The zero-order valence-electron chi connectivity index (χ0n) is 7.48. The van der Waals surface area contributed by atoms with Crippen molar-refractivity contribution in [3.63, 3.8) is 0 Å². The van der Waals surface area contributed by atoms with Crippen LogP contribution in [0.15, 0.2) is 12.3 Å². The molecule has 0 amide bonds. The first-order chi connectivity index (χ1) is 4.76. The van der Waals surface area contributed by atoms with E-state index in [4.69, 9.17) is 4.43 Å². The Bertz CT molecular complexity index is 64.6. The Morgan fingerprint density at radius 2 is 2.00 bits per heavy atom. The summed E-state index contributed by atoms with van der Waals surface area (Å²) in [6.45, 7) is 5.77. The molecule has 0 heterocycles. The minimum absolute atomic E-state index is 0.230. The molecule has 2 radical (unpaired) electrons. The summed E-state index contributed by atoms with van der Waals surface area (Å²) in [7, 11) is 0.845. The van der Waals surface area contributed by atoms with Crippen molar-refractivity contribution in [2.75, 3.05) is 7.11 Å². The van der Waals surface area contributed by atoms with E-state index in [9.17, 15) is 0 Å². The zero-order chi connectivity index (χ0) is 8.41. The van der Waals surface area contributed by atoms with Gasteiger partial charge in [-0.3, -0.25) is 0 Å². The van der Waals surface area contributed by atoms with Gasteiger partial charge in [0.1, 0.15) is 0 Å². The van der Waals surface area contributed by atoms with Gasteiger partial charge in [0.2, 0.25) is 0 Å². The van der Waals surface area contributed by atoms with E-state index >= 15 is 0 Å². The molecule has 0 aromatic heterocycles. The standard InChI is InChI=1S/C5H12OSi.2CH3.Sn/c1-4-7(5-2)6-3;;;/h4,7H,1,5H2,2-3H3;2*1H3;. The second-order valence-electron chi connectivity index (χ2n) is 1.92. The van der Waals surface area contributed by atoms with Crippen LogP contribution in [0, 0.1) is 0 Å². The summed E-state index contributed by atoms with van der Waals surface area (Å²) in [6.07, 6.45) is 0. The van der Waals surface area contributed by atoms with E-state index in [-0.39, 0.29) is 21.1 Å². The molecule has 0 aromatic carbocycles. The third-order valence-corrected chi connectivity index (χ3v) is 2.90. The van der Waals surface area contributed by atoms with Crippen LogP contribution < -0.4 is 0 Å². The third-order valence-electron chi connectivity index (χ3n) is 0.968. The monoisotopic (exact) mass is 266 g/mol. The van der Waals surface area contributed by atoms with Crippen LogP contribution in [0.5, 0.6) is 0 Å². The van der Waals surface area contributed by atoms with E-state index in [2.05, 4.69) is 23.4 Å². The van der Waals surface area contributed by atoms with E-state index < -0.39 is 9.04 Å². The summed E-state index contributed by atoms with van der Waals surface area (Å²) < 4.78 is 5.07. The number of hydrogen-bond acceptors (Lipinski definition) is 1. The van der Waals surface area contributed by atoms with Crippen LogP contribution >= 0.6 is 0 Å². The molecule has 0 aliphatic carbocycles. The first-order valence-electron chi connectivity index (χ1n) is 3.50. The molecule has 0 aliphatic heterocycles. The molecule has 3 heteroatoms. The van der Waals surface area contributed by atoms with Crippen LogP contribution in [0.25, 0.3) is 0 Å². The van der Waals surface area contributed by atoms with E-state index in [0.29, 0.717) is 0 Å². The van der Waals surface area contributed by atoms with Crippen molar-refractivity contribution in [1.29, 1.82) is 0 Å². The molecule has 0 aromatic rings. The van der Waals surface area contributed by atoms with Crippen molar-refractivity contribution in [1.82, 2.24) is 0 Å². The predicted octanol–water partition coefficient (Wildman–Crippen LogP) is 1.89. The van der Waals surface area contributed by atoms with Gasteiger partial charge in [-0.25, -0.2) is 0 Å². The van der Waals surface area contributed by atoms with Gasteiger partial charge in [0.15, 0.2) is 9.04 Å². The third kappa shape index (κ3) is 11.5. The van der Waals surface area contributed by atoms with Gasteiger partial charge in [0.05, 0.1) is 0 Å². The average Bonchev–Trinajstić information content (AvgIpc) is 1.93. The Kier molecular flexibility index (Phi) is 16.5. The molecule has 0 N–H and O–H groups in total. The molecule has 0 saturated carbocycles. The van der Waals surface area contributed by atoms with Crippen LogP contribution in [0.1, 0.15) is 6.92 Å². The maximum atomic E-state index is 5.07. The zero-order valence-corrected chi connectivity index (χ0v) is 11.5. The van der Waals surface area contributed by atoms with Crippen LogP contribution in [-0.4, -0.2) is 37.3 Å². The van der Waals surface area contributed by atoms with E-state index in [1.165, 1.54) is 0 Å². The van der Waals surface area contributed by atoms with E-state index in [1.54, 1.807) is 7.11 Å². The summed E-state index contributed by atoms with van der Waals surface area (Å²) in [5.41, 5.74) is 1.94. The molecule has 0 bridgehead atoms. The molecular weight excluding hydrogens is 247 g/mol. The quantitative estimate of drug-likeness (QED) is 0.708. The van der Waals surface area contributed by atoms with Gasteiger partial charge >= 0.3 is 31.0 Å². The second kappa shape index (κ2) is 12.4.